The third kappa shape index (κ3) is 4.30. The van der Waals surface area contributed by atoms with Crippen molar-refractivity contribution in [3.8, 4) is 0 Å². The van der Waals surface area contributed by atoms with Gasteiger partial charge in [0.2, 0.25) is 5.91 Å². The van der Waals surface area contributed by atoms with Crippen LogP contribution in [0, 0.1) is 0 Å². The van der Waals surface area contributed by atoms with Gasteiger partial charge in [0.25, 0.3) is 0 Å². The number of benzene rings is 1. The molecule has 0 aliphatic carbocycles. The number of fused-ring (bicyclic) bond motifs is 1. The molecular formula is C16H24N4O2. The van der Waals surface area contributed by atoms with Crippen LogP contribution in [-0.2, 0) is 11.2 Å². The van der Waals surface area contributed by atoms with Crippen LogP contribution in [-0.4, -0.2) is 34.8 Å². The maximum absolute atomic E-state index is 12.2. The van der Waals surface area contributed by atoms with Crippen molar-refractivity contribution >= 4 is 16.8 Å². The normalized spacial score (nSPS) is 14.0. The molecule has 1 aromatic heterocycles. The van der Waals surface area contributed by atoms with Crippen LogP contribution in [0.1, 0.15) is 24.8 Å². The minimum absolute atomic E-state index is 0.146. The fourth-order valence-electron chi connectivity index (χ4n) is 2.55. The van der Waals surface area contributed by atoms with Gasteiger partial charge in [0.05, 0.1) is 12.5 Å². The first-order valence-corrected chi connectivity index (χ1v) is 7.60. The fraction of sp³-hybridized carbons (Fsp3) is 0.438. The molecule has 0 radical (unpaired) electrons. The van der Waals surface area contributed by atoms with Crippen molar-refractivity contribution in [1.29, 1.82) is 0 Å². The topological polar surface area (TPSA) is 117 Å². The Kier molecular flexibility index (Phi) is 5.94. The number of rotatable bonds is 8. The van der Waals surface area contributed by atoms with Crippen LogP contribution in [0.4, 0.5) is 0 Å². The summed E-state index contributed by atoms with van der Waals surface area (Å²) in [6.07, 6.45) is 3.32. The van der Waals surface area contributed by atoms with Crippen molar-refractivity contribution in [1.82, 2.24) is 10.3 Å². The number of hydrogen-bond donors (Lipinski definition) is 5. The molecule has 0 spiro atoms. The van der Waals surface area contributed by atoms with E-state index in [0.717, 1.165) is 29.3 Å². The van der Waals surface area contributed by atoms with E-state index in [2.05, 4.69) is 10.3 Å². The van der Waals surface area contributed by atoms with E-state index in [1.165, 1.54) is 0 Å². The highest BCUT2D eigenvalue weighted by atomic mass is 16.3. The maximum Gasteiger partial charge on any atom is 0.224 e. The van der Waals surface area contributed by atoms with E-state index in [9.17, 15) is 9.90 Å². The molecule has 6 nitrogen and oxygen atoms in total. The van der Waals surface area contributed by atoms with Crippen LogP contribution >= 0.6 is 0 Å². The van der Waals surface area contributed by atoms with Crippen LogP contribution in [0.2, 0.25) is 0 Å². The predicted molar refractivity (Wildman–Crippen MR) is 87.0 cm³/mol. The number of nitrogens with one attached hydrogen (secondary N) is 2. The third-order valence-corrected chi connectivity index (χ3v) is 3.75. The Morgan fingerprint density at radius 2 is 2.09 bits per heavy atom. The third-order valence-electron chi connectivity index (χ3n) is 3.75. The zero-order valence-electron chi connectivity index (χ0n) is 12.6. The van der Waals surface area contributed by atoms with Gasteiger partial charge < -0.3 is 26.9 Å². The molecule has 1 aromatic carbocycles. The van der Waals surface area contributed by atoms with Crippen molar-refractivity contribution in [2.45, 2.75) is 38.0 Å². The Morgan fingerprint density at radius 3 is 2.82 bits per heavy atom. The number of carbonyl (C=O) groups is 1. The van der Waals surface area contributed by atoms with E-state index < -0.39 is 12.3 Å². The average Bonchev–Trinajstić information content (AvgIpc) is 2.89. The van der Waals surface area contributed by atoms with Crippen LogP contribution in [0.5, 0.6) is 0 Å². The standard InChI is InChI=1S/C16H24N4O2/c17-8-4-3-7-14(16(18)22)20-15(21)9-11-10-19-13-6-2-1-5-12(11)13/h1-2,5-6,10,14,16,19,22H,3-4,7-9,17-18H2,(H,20,21)/t14-,16?/m0/s1. The summed E-state index contributed by atoms with van der Waals surface area (Å²) in [5.74, 6) is -0.146. The van der Waals surface area contributed by atoms with Gasteiger partial charge in [-0.2, -0.15) is 0 Å². The maximum atomic E-state index is 12.2. The highest BCUT2D eigenvalue weighted by Gasteiger charge is 2.18. The first-order valence-electron chi connectivity index (χ1n) is 7.60. The van der Waals surface area contributed by atoms with Crippen molar-refractivity contribution in [2.24, 2.45) is 11.5 Å². The van der Waals surface area contributed by atoms with Crippen LogP contribution in [0.15, 0.2) is 30.5 Å². The van der Waals surface area contributed by atoms with E-state index in [4.69, 9.17) is 11.5 Å². The lowest BCUT2D eigenvalue weighted by molar-refractivity contribution is -0.122. The van der Waals surface area contributed by atoms with Gasteiger partial charge in [-0.25, -0.2) is 0 Å². The zero-order chi connectivity index (χ0) is 15.9. The number of H-pyrrole nitrogens is 1. The second-order valence-electron chi connectivity index (χ2n) is 5.49. The minimum Gasteiger partial charge on any atom is -0.377 e. The molecule has 1 heterocycles. The largest absolute Gasteiger partial charge is 0.377 e. The molecule has 2 aromatic rings. The van der Waals surface area contributed by atoms with E-state index in [-0.39, 0.29) is 12.3 Å². The number of nitrogens with two attached hydrogens (primary N) is 2. The number of aliphatic hydroxyl groups excluding tert-OH is 1. The molecule has 1 unspecified atom stereocenters. The molecule has 0 saturated carbocycles. The smallest absolute Gasteiger partial charge is 0.224 e. The Bertz CT molecular complexity index is 609. The first kappa shape index (κ1) is 16.5. The summed E-state index contributed by atoms with van der Waals surface area (Å²) in [6.45, 7) is 0.594. The molecule has 2 rings (SSSR count). The molecule has 0 bridgehead atoms. The number of aromatic nitrogens is 1. The number of amides is 1. The molecule has 22 heavy (non-hydrogen) atoms. The number of carbonyl (C=O) groups excluding carboxylic acids is 1. The van der Waals surface area contributed by atoms with E-state index in [1.807, 2.05) is 30.5 Å². The van der Waals surface area contributed by atoms with Gasteiger partial charge in [-0.05, 0) is 31.0 Å². The molecule has 0 aliphatic rings. The lowest BCUT2D eigenvalue weighted by atomic mass is 10.1. The van der Waals surface area contributed by atoms with Crippen molar-refractivity contribution < 1.29 is 9.90 Å². The van der Waals surface area contributed by atoms with Gasteiger partial charge in [-0.1, -0.05) is 24.6 Å². The first-order chi connectivity index (χ1) is 10.6. The van der Waals surface area contributed by atoms with Crippen LogP contribution < -0.4 is 16.8 Å². The summed E-state index contributed by atoms with van der Waals surface area (Å²) in [6, 6.07) is 7.39. The van der Waals surface area contributed by atoms with Crippen molar-refractivity contribution in [2.75, 3.05) is 6.54 Å². The van der Waals surface area contributed by atoms with E-state index in [1.54, 1.807) is 0 Å². The molecule has 0 saturated heterocycles. The Hall–Kier alpha value is -1.89. The van der Waals surface area contributed by atoms with Crippen molar-refractivity contribution in [3.63, 3.8) is 0 Å². The summed E-state index contributed by atoms with van der Waals surface area (Å²) in [5.41, 5.74) is 12.9. The number of para-hydroxylation sites is 1. The predicted octanol–water partition coefficient (Wildman–Crippen LogP) is 0.601. The van der Waals surface area contributed by atoms with Gasteiger partial charge in [-0.3, -0.25) is 4.79 Å². The SMILES string of the molecule is NCCCC[C@H](NC(=O)Cc1c[nH]c2ccccc12)C(N)O. The monoisotopic (exact) mass is 304 g/mol. The zero-order valence-corrected chi connectivity index (χ0v) is 12.6. The molecule has 0 fully saturated rings. The number of unbranched alkanes of at least 4 members (excludes halogenated alkanes) is 1. The molecule has 6 heteroatoms. The minimum atomic E-state index is -1.07. The summed E-state index contributed by atoms with van der Waals surface area (Å²) in [7, 11) is 0. The molecule has 0 aliphatic heterocycles. The highest BCUT2D eigenvalue weighted by molar-refractivity contribution is 5.88. The average molecular weight is 304 g/mol. The second kappa shape index (κ2) is 7.93. The van der Waals surface area contributed by atoms with Crippen LogP contribution in [0.25, 0.3) is 10.9 Å². The quantitative estimate of drug-likeness (QED) is 0.362. The summed E-state index contributed by atoms with van der Waals surface area (Å²) < 4.78 is 0. The van der Waals surface area contributed by atoms with E-state index in [0.29, 0.717) is 13.0 Å². The van der Waals surface area contributed by atoms with Crippen LogP contribution in [0.3, 0.4) is 0 Å². The highest BCUT2D eigenvalue weighted by Crippen LogP contribution is 2.18. The summed E-state index contributed by atoms with van der Waals surface area (Å²) in [4.78, 5) is 15.3. The number of hydrogen-bond acceptors (Lipinski definition) is 4. The molecule has 1 amide bonds. The molecule has 2 atom stereocenters. The van der Waals surface area contributed by atoms with Gasteiger partial charge >= 0.3 is 0 Å². The Balaban J connectivity index is 1.95. The lowest BCUT2D eigenvalue weighted by Crippen LogP contribution is -2.48. The molecular weight excluding hydrogens is 280 g/mol. The lowest BCUT2D eigenvalue weighted by Gasteiger charge is -2.21. The Morgan fingerprint density at radius 1 is 1.32 bits per heavy atom. The summed E-state index contributed by atoms with van der Waals surface area (Å²) in [5, 5.41) is 13.4. The number of aliphatic hydroxyl groups is 1. The van der Waals surface area contributed by atoms with Gasteiger partial charge in [0.1, 0.15) is 6.23 Å². The fourth-order valence-corrected chi connectivity index (χ4v) is 2.55. The molecule has 120 valence electrons. The number of aromatic amines is 1. The van der Waals surface area contributed by atoms with Gasteiger partial charge in [-0.15, -0.1) is 0 Å². The van der Waals surface area contributed by atoms with Crippen molar-refractivity contribution in [3.05, 3.63) is 36.0 Å². The molecule has 7 N–H and O–H groups in total. The van der Waals surface area contributed by atoms with E-state index >= 15 is 0 Å². The van der Waals surface area contributed by atoms with Gasteiger partial charge in [0.15, 0.2) is 0 Å². The Labute approximate surface area is 129 Å². The van der Waals surface area contributed by atoms with Gasteiger partial charge in [0, 0.05) is 17.1 Å². The second-order valence-corrected chi connectivity index (χ2v) is 5.49. The summed E-state index contributed by atoms with van der Waals surface area (Å²) >= 11 is 0.